The maximum absolute atomic E-state index is 13.3. The molecule has 20 heavy (non-hydrogen) atoms. The quantitative estimate of drug-likeness (QED) is 0.884. The lowest BCUT2D eigenvalue weighted by molar-refractivity contribution is 0.305. The molecule has 0 saturated carbocycles. The minimum atomic E-state index is -0.336. The van der Waals surface area contributed by atoms with Gasteiger partial charge in [-0.2, -0.15) is 5.10 Å². The van der Waals surface area contributed by atoms with Crippen molar-refractivity contribution in [3.8, 4) is 11.8 Å². The number of benzene rings is 1. The number of rotatable bonds is 3. The molecule has 0 bridgehead atoms. The van der Waals surface area contributed by atoms with Crippen LogP contribution in [0.15, 0.2) is 24.4 Å². The summed E-state index contributed by atoms with van der Waals surface area (Å²) in [5.74, 6) is 5.34. The van der Waals surface area contributed by atoms with Gasteiger partial charge in [0, 0.05) is 18.2 Å². The Morgan fingerprint density at radius 2 is 2.25 bits per heavy atom. The predicted molar refractivity (Wildman–Crippen MR) is 76.1 cm³/mol. The van der Waals surface area contributed by atoms with Crippen LogP contribution in [0.2, 0.25) is 5.02 Å². The van der Waals surface area contributed by atoms with Crippen LogP contribution in [0, 0.1) is 24.6 Å². The van der Waals surface area contributed by atoms with Gasteiger partial charge >= 0.3 is 0 Å². The van der Waals surface area contributed by atoms with Crippen molar-refractivity contribution in [1.82, 2.24) is 9.78 Å². The first-order valence-electron chi connectivity index (χ1n) is 6.18. The van der Waals surface area contributed by atoms with Crippen LogP contribution >= 0.6 is 11.6 Å². The first-order chi connectivity index (χ1) is 9.60. The minimum Gasteiger partial charge on any atom is -0.395 e. The van der Waals surface area contributed by atoms with Crippen molar-refractivity contribution in [3.63, 3.8) is 0 Å². The summed E-state index contributed by atoms with van der Waals surface area (Å²) in [6.07, 6.45) is 2.09. The first-order valence-corrected chi connectivity index (χ1v) is 6.55. The van der Waals surface area contributed by atoms with Gasteiger partial charge in [0.05, 0.1) is 23.9 Å². The average molecular weight is 293 g/mol. The highest BCUT2D eigenvalue weighted by Gasteiger charge is 2.06. The summed E-state index contributed by atoms with van der Waals surface area (Å²) in [5.41, 5.74) is 2.21. The fourth-order valence-corrected chi connectivity index (χ4v) is 1.92. The van der Waals surface area contributed by atoms with E-state index in [1.807, 2.05) is 6.92 Å². The normalized spacial score (nSPS) is 10.2. The maximum Gasteiger partial charge on any atom is 0.124 e. The van der Waals surface area contributed by atoms with Crippen molar-refractivity contribution in [2.75, 3.05) is 6.61 Å². The van der Waals surface area contributed by atoms with Crippen LogP contribution in [0.25, 0.3) is 0 Å². The zero-order chi connectivity index (χ0) is 14.5. The third kappa shape index (κ3) is 3.60. The van der Waals surface area contributed by atoms with E-state index in [0.29, 0.717) is 23.6 Å². The molecule has 1 heterocycles. The Morgan fingerprint density at radius 1 is 1.45 bits per heavy atom. The second kappa shape index (κ2) is 6.56. The molecular formula is C15H14ClFN2O. The molecule has 0 fully saturated rings. The lowest BCUT2D eigenvalue weighted by atomic mass is 10.1. The van der Waals surface area contributed by atoms with E-state index in [9.17, 15) is 4.39 Å². The van der Waals surface area contributed by atoms with E-state index in [0.717, 1.165) is 11.3 Å². The largest absolute Gasteiger partial charge is 0.395 e. The predicted octanol–water partition coefficient (Wildman–Crippen LogP) is 2.77. The molecule has 0 aliphatic heterocycles. The number of aryl methyl sites for hydroxylation is 1. The number of hydrogen-bond donors (Lipinski definition) is 1. The molecule has 2 rings (SSSR count). The monoisotopic (exact) mass is 292 g/mol. The van der Waals surface area contributed by atoms with E-state index in [1.54, 1.807) is 16.9 Å². The summed E-state index contributed by atoms with van der Waals surface area (Å²) in [6.45, 7) is 2.29. The van der Waals surface area contributed by atoms with E-state index >= 15 is 0 Å². The molecule has 0 amide bonds. The molecule has 0 radical (unpaired) electrons. The number of halogens is 2. The standard InChI is InChI=1S/C15H14ClFN2O/c1-11-15(16)10-19(18-11)9-13-5-6-14(17)8-12(13)4-2-3-7-20/h5-6,8,10,20H,3,7,9H2,1H3. The number of aliphatic hydroxyl groups is 1. The SMILES string of the molecule is Cc1nn(Cc2ccc(F)cc2C#CCCO)cc1Cl. The number of aromatic nitrogens is 2. The highest BCUT2D eigenvalue weighted by atomic mass is 35.5. The molecule has 0 saturated heterocycles. The Bertz CT molecular complexity index is 651. The highest BCUT2D eigenvalue weighted by Crippen LogP contribution is 2.16. The Hall–Kier alpha value is -1.83. The van der Waals surface area contributed by atoms with Crippen LogP contribution in [-0.2, 0) is 6.54 Å². The molecule has 0 spiro atoms. The van der Waals surface area contributed by atoms with Crippen molar-refractivity contribution < 1.29 is 9.50 Å². The van der Waals surface area contributed by atoms with Crippen LogP contribution < -0.4 is 0 Å². The maximum atomic E-state index is 13.3. The van der Waals surface area contributed by atoms with Gasteiger partial charge in [0.15, 0.2) is 0 Å². The van der Waals surface area contributed by atoms with Crippen molar-refractivity contribution in [1.29, 1.82) is 0 Å². The van der Waals surface area contributed by atoms with Gasteiger partial charge in [0.25, 0.3) is 0 Å². The third-order valence-corrected chi connectivity index (χ3v) is 3.12. The van der Waals surface area contributed by atoms with Crippen molar-refractivity contribution >= 4 is 11.6 Å². The number of aliphatic hydroxyl groups excluding tert-OH is 1. The lowest BCUT2D eigenvalue weighted by Gasteiger charge is -2.05. The second-order valence-electron chi connectivity index (χ2n) is 4.34. The molecule has 0 aliphatic carbocycles. The molecule has 0 aliphatic rings. The van der Waals surface area contributed by atoms with E-state index in [2.05, 4.69) is 16.9 Å². The molecule has 0 atom stereocenters. The van der Waals surface area contributed by atoms with E-state index < -0.39 is 0 Å². The van der Waals surface area contributed by atoms with Crippen molar-refractivity contribution in [2.24, 2.45) is 0 Å². The summed E-state index contributed by atoms with van der Waals surface area (Å²) >= 11 is 5.96. The van der Waals surface area contributed by atoms with E-state index in [-0.39, 0.29) is 12.4 Å². The van der Waals surface area contributed by atoms with E-state index in [1.165, 1.54) is 12.1 Å². The topological polar surface area (TPSA) is 38.0 Å². The zero-order valence-electron chi connectivity index (χ0n) is 11.0. The highest BCUT2D eigenvalue weighted by molar-refractivity contribution is 6.31. The van der Waals surface area contributed by atoms with Gasteiger partial charge < -0.3 is 5.11 Å². The smallest absolute Gasteiger partial charge is 0.124 e. The molecule has 2 aromatic rings. The fraction of sp³-hybridized carbons (Fsp3) is 0.267. The zero-order valence-corrected chi connectivity index (χ0v) is 11.8. The number of hydrogen-bond acceptors (Lipinski definition) is 2. The Kier molecular flexibility index (Phi) is 4.78. The lowest BCUT2D eigenvalue weighted by Crippen LogP contribution is -2.03. The summed E-state index contributed by atoms with van der Waals surface area (Å²) in [4.78, 5) is 0. The van der Waals surface area contributed by atoms with Gasteiger partial charge in [0.2, 0.25) is 0 Å². The third-order valence-electron chi connectivity index (χ3n) is 2.75. The van der Waals surface area contributed by atoms with Crippen LogP contribution in [0.5, 0.6) is 0 Å². The molecule has 104 valence electrons. The fourth-order valence-electron chi connectivity index (χ4n) is 1.77. The molecular weight excluding hydrogens is 279 g/mol. The summed E-state index contributed by atoms with van der Waals surface area (Å²) in [5, 5.41) is 13.6. The van der Waals surface area contributed by atoms with Gasteiger partial charge in [-0.3, -0.25) is 4.68 Å². The number of nitrogens with zero attached hydrogens (tertiary/aromatic N) is 2. The first kappa shape index (κ1) is 14.6. The summed E-state index contributed by atoms with van der Waals surface area (Å²) in [7, 11) is 0. The Balaban J connectivity index is 2.29. The van der Waals surface area contributed by atoms with Crippen LogP contribution in [-0.4, -0.2) is 21.5 Å². The van der Waals surface area contributed by atoms with Gasteiger partial charge in [-0.05, 0) is 24.6 Å². The summed E-state index contributed by atoms with van der Waals surface area (Å²) < 4.78 is 15.0. The van der Waals surface area contributed by atoms with Gasteiger partial charge in [-0.25, -0.2) is 4.39 Å². The second-order valence-corrected chi connectivity index (χ2v) is 4.74. The van der Waals surface area contributed by atoms with Crippen LogP contribution in [0.3, 0.4) is 0 Å². The van der Waals surface area contributed by atoms with Crippen molar-refractivity contribution in [2.45, 2.75) is 19.9 Å². The molecule has 3 nitrogen and oxygen atoms in total. The molecule has 0 unspecified atom stereocenters. The minimum absolute atomic E-state index is 0.00833. The molecule has 1 N–H and O–H groups in total. The summed E-state index contributed by atoms with van der Waals surface area (Å²) in [6, 6.07) is 4.46. The Morgan fingerprint density at radius 3 is 2.90 bits per heavy atom. The van der Waals surface area contributed by atoms with Gasteiger partial charge in [-0.1, -0.05) is 29.5 Å². The van der Waals surface area contributed by atoms with Gasteiger partial charge in [-0.15, -0.1) is 0 Å². The molecule has 5 heteroatoms. The average Bonchev–Trinajstić information content (AvgIpc) is 2.72. The van der Waals surface area contributed by atoms with Crippen LogP contribution in [0.1, 0.15) is 23.2 Å². The van der Waals surface area contributed by atoms with Crippen LogP contribution in [0.4, 0.5) is 4.39 Å². The molecule has 1 aromatic carbocycles. The van der Waals surface area contributed by atoms with Crippen molar-refractivity contribution in [3.05, 3.63) is 52.1 Å². The van der Waals surface area contributed by atoms with Gasteiger partial charge in [0.1, 0.15) is 5.82 Å². The Labute approximate surface area is 122 Å². The molecule has 1 aromatic heterocycles. The van der Waals surface area contributed by atoms with E-state index in [4.69, 9.17) is 16.7 Å².